The van der Waals surface area contributed by atoms with Gasteiger partial charge in [-0.05, 0) is 6.92 Å². The molecule has 0 radical (unpaired) electrons. The fourth-order valence-corrected chi connectivity index (χ4v) is 2.21. The molecule has 1 aliphatic rings. The molecule has 1 aromatic rings. The molecular weight excluding hydrogens is 236 g/mol. The van der Waals surface area contributed by atoms with E-state index in [1.165, 1.54) is 0 Å². The lowest BCUT2D eigenvalue weighted by Crippen LogP contribution is -2.26. The van der Waals surface area contributed by atoms with Gasteiger partial charge in [0.2, 0.25) is 0 Å². The van der Waals surface area contributed by atoms with Crippen molar-refractivity contribution in [3.05, 3.63) is 9.75 Å². The van der Waals surface area contributed by atoms with Gasteiger partial charge in [0.1, 0.15) is 12.7 Å². The molecule has 2 rings (SSSR count). The van der Waals surface area contributed by atoms with E-state index in [0.29, 0.717) is 11.3 Å². The van der Waals surface area contributed by atoms with E-state index < -0.39 is 11.9 Å². The highest BCUT2D eigenvalue weighted by molar-refractivity contribution is 7.16. The summed E-state index contributed by atoms with van der Waals surface area (Å²) in [6.45, 7) is 1.93. The summed E-state index contributed by atoms with van der Waals surface area (Å²) in [4.78, 5) is 21.5. The standard InChI is InChI=1S/C9H8O6S/c1-3-2-14-4-5(15-3)7(9(12)13)16-6(4)8(10)11/h3H,2H2,1H3,(H,10,11)(H,12,13). The Bertz CT molecular complexity index is 463. The van der Waals surface area contributed by atoms with Crippen molar-refractivity contribution in [2.45, 2.75) is 13.0 Å². The van der Waals surface area contributed by atoms with Crippen LogP contribution in [-0.4, -0.2) is 34.9 Å². The largest absolute Gasteiger partial charge is 0.484 e. The van der Waals surface area contributed by atoms with Crippen molar-refractivity contribution in [3.8, 4) is 11.5 Å². The summed E-state index contributed by atoms with van der Waals surface area (Å²) in [5.74, 6) is -2.39. The van der Waals surface area contributed by atoms with Crippen molar-refractivity contribution in [1.29, 1.82) is 0 Å². The first kappa shape index (κ1) is 10.7. The molecule has 0 bridgehead atoms. The van der Waals surface area contributed by atoms with Gasteiger partial charge in [0.15, 0.2) is 21.3 Å². The highest BCUT2D eigenvalue weighted by atomic mass is 32.1. The molecule has 1 aromatic heterocycles. The van der Waals surface area contributed by atoms with E-state index in [4.69, 9.17) is 19.7 Å². The Morgan fingerprint density at radius 2 is 1.81 bits per heavy atom. The van der Waals surface area contributed by atoms with Crippen LogP contribution in [0.5, 0.6) is 11.5 Å². The number of rotatable bonds is 2. The second kappa shape index (κ2) is 3.67. The third kappa shape index (κ3) is 1.58. The Morgan fingerprint density at radius 1 is 1.25 bits per heavy atom. The lowest BCUT2D eigenvalue weighted by molar-refractivity contribution is 0.0651. The van der Waals surface area contributed by atoms with Gasteiger partial charge in [0, 0.05) is 0 Å². The highest BCUT2D eigenvalue weighted by Crippen LogP contribution is 2.44. The smallest absolute Gasteiger partial charge is 0.349 e. The molecule has 0 fully saturated rings. The topological polar surface area (TPSA) is 93.1 Å². The van der Waals surface area contributed by atoms with Gasteiger partial charge in [-0.2, -0.15) is 0 Å². The van der Waals surface area contributed by atoms with Crippen LogP contribution in [0.2, 0.25) is 0 Å². The molecule has 0 aromatic carbocycles. The van der Waals surface area contributed by atoms with Crippen LogP contribution >= 0.6 is 11.3 Å². The van der Waals surface area contributed by atoms with Gasteiger partial charge < -0.3 is 19.7 Å². The van der Waals surface area contributed by atoms with E-state index in [2.05, 4.69) is 0 Å². The van der Waals surface area contributed by atoms with Crippen LogP contribution in [-0.2, 0) is 0 Å². The fraction of sp³-hybridized carbons (Fsp3) is 0.333. The van der Waals surface area contributed by atoms with Gasteiger partial charge in [-0.1, -0.05) is 0 Å². The highest BCUT2D eigenvalue weighted by Gasteiger charge is 2.33. The number of ether oxygens (including phenoxy) is 2. The monoisotopic (exact) mass is 244 g/mol. The zero-order valence-electron chi connectivity index (χ0n) is 8.22. The minimum atomic E-state index is -1.22. The maximum Gasteiger partial charge on any atom is 0.349 e. The normalized spacial score (nSPS) is 18.2. The molecule has 0 saturated carbocycles. The zero-order valence-corrected chi connectivity index (χ0v) is 9.04. The Labute approximate surface area is 94.0 Å². The van der Waals surface area contributed by atoms with Gasteiger partial charge in [-0.25, -0.2) is 9.59 Å². The van der Waals surface area contributed by atoms with Crippen LogP contribution in [0.1, 0.15) is 26.3 Å². The summed E-state index contributed by atoms with van der Waals surface area (Å²) in [6.07, 6.45) is -0.290. The number of carboxylic acid groups (broad SMARTS) is 2. The predicted molar refractivity (Wildman–Crippen MR) is 53.8 cm³/mol. The number of fused-ring (bicyclic) bond motifs is 1. The minimum absolute atomic E-state index is 0.0213. The van der Waals surface area contributed by atoms with Crippen LogP contribution in [0.4, 0.5) is 0 Å². The fourth-order valence-electron chi connectivity index (χ4n) is 1.36. The molecule has 2 N–H and O–H groups in total. The van der Waals surface area contributed by atoms with Crippen LogP contribution in [0.3, 0.4) is 0 Å². The zero-order chi connectivity index (χ0) is 11.9. The molecule has 7 heteroatoms. The lowest BCUT2D eigenvalue weighted by atomic mass is 10.3. The number of hydrogen-bond donors (Lipinski definition) is 2. The average Bonchev–Trinajstić information content (AvgIpc) is 2.56. The quantitative estimate of drug-likeness (QED) is 0.814. The van der Waals surface area contributed by atoms with E-state index in [1.807, 2.05) is 0 Å². The summed E-state index contributed by atoms with van der Waals surface area (Å²) < 4.78 is 10.5. The van der Waals surface area contributed by atoms with E-state index in [0.717, 1.165) is 0 Å². The maximum atomic E-state index is 10.9. The molecule has 16 heavy (non-hydrogen) atoms. The van der Waals surface area contributed by atoms with E-state index in [1.54, 1.807) is 6.92 Å². The number of hydrogen-bond acceptors (Lipinski definition) is 5. The van der Waals surface area contributed by atoms with Gasteiger partial charge in [-0.15, -0.1) is 11.3 Å². The van der Waals surface area contributed by atoms with Crippen LogP contribution in [0.25, 0.3) is 0 Å². The maximum absolute atomic E-state index is 10.9. The molecule has 6 nitrogen and oxygen atoms in total. The summed E-state index contributed by atoms with van der Waals surface area (Å²) in [5, 5.41) is 17.8. The first-order valence-electron chi connectivity index (χ1n) is 4.43. The Morgan fingerprint density at radius 3 is 2.38 bits per heavy atom. The Balaban J connectivity index is 2.57. The van der Waals surface area contributed by atoms with Gasteiger partial charge in [-0.3, -0.25) is 0 Å². The molecule has 0 saturated heterocycles. The molecule has 0 spiro atoms. The molecule has 0 amide bonds. The molecule has 2 heterocycles. The van der Waals surface area contributed by atoms with Gasteiger partial charge >= 0.3 is 11.9 Å². The molecule has 1 aliphatic heterocycles. The van der Waals surface area contributed by atoms with E-state index >= 15 is 0 Å². The SMILES string of the molecule is CC1COc2c(C(=O)O)sc(C(=O)O)c2O1. The van der Waals surface area contributed by atoms with Crippen LogP contribution < -0.4 is 9.47 Å². The minimum Gasteiger partial charge on any atom is -0.484 e. The van der Waals surface area contributed by atoms with Crippen molar-refractivity contribution < 1.29 is 29.3 Å². The summed E-state index contributed by atoms with van der Waals surface area (Å²) in [6, 6.07) is 0. The Hall–Kier alpha value is -1.76. The van der Waals surface area contributed by atoms with Crippen molar-refractivity contribution in [3.63, 3.8) is 0 Å². The van der Waals surface area contributed by atoms with Crippen LogP contribution in [0.15, 0.2) is 0 Å². The average molecular weight is 244 g/mol. The summed E-state index contributed by atoms with van der Waals surface area (Å²) >= 11 is 0.644. The second-order valence-corrected chi connectivity index (χ2v) is 4.29. The van der Waals surface area contributed by atoms with Crippen molar-refractivity contribution in [2.24, 2.45) is 0 Å². The molecule has 1 atom stereocenters. The summed E-state index contributed by atoms with van der Waals surface area (Å²) in [5.41, 5.74) is 0. The Kier molecular flexibility index (Phi) is 2.47. The first-order chi connectivity index (χ1) is 7.50. The predicted octanol–water partition coefficient (Wildman–Crippen LogP) is 1.30. The number of thiophene rings is 1. The van der Waals surface area contributed by atoms with Crippen LogP contribution in [0, 0.1) is 0 Å². The third-order valence-corrected chi connectivity index (χ3v) is 3.12. The van der Waals surface area contributed by atoms with E-state index in [9.17, 15) is 9.59 Å². The summed E-state index contributed by atoms with van der Waals surface area (Å²) in [7, 11) is 0. The molecule has 1 unspecified atom stereocenters. The van der Waals surface area contributed by atoms with Crippen molar-refractivity contribution in [1.82, 2.24) is 0 Å². The van der Waals surface area contributed by atoms with Gasteiger partial charge in [0.05, 0.1) is 0 Å². The van der Waals surface area contributed by atoms with E-state index in [-0.39, 0.29) is 34.0 Å². The lowest BCUT2D eigenvalue weighted by Gasteiger charge is -2.22. The number of carbonyl (C=O) groups is 2. The second-order valence-electron chi connectivity index (χ2n) is 3.27. The van der Waals surface area contributed by atoms with Crippen molar-refractivity contribution >= 4 is 23.3 Å². The van der Waals surface area contributed by atoms with Gasteiger partial charge in [0.25, 0.3) is 0 Å². The first-order valence-corrected chi connectivity index (χ1v) is 5.25. The molecule has 0 aliphatic carbocycles. The third-order valence-electron chi connectivity index (χ3n) is 1.99. The molecular formula is C9H8O6S. The number of aromatic carboxylic acids is 2. The van der Waals surface area contributed by atoms with Crippen molar-refractivity contribution in [2.75, 3.05) is 6.61 Å². The number of carboxylic acids is 2. The molecule has 86 valence electrons.